The third kappa shape index (κ3) is 2.65. The molecule has 1 aromatic rings. The highest BCUT2D eigenvalue weighted by Crippen LogP contribution is 2.32. The van der Waals surface area contributed by atoms with Crippen LogP contribution >= 0.6 is 0 Å². The summed E-state index contributed by atoms with van der Waals surface area (Å²) in [5.74, 6) is 0. The molecule has 0 radical (unpaired) electrons. The van der Waals surface area contributed by atoms with Gasteiger partial charge in [0.1, 0.15) is 6.07 Å². The van der Waals surface area contributed by atoms with Gasteiger partial charge in [0.15, 0.2) is 0 Å². The average molecular weight is 260 g/mol. The van der Waals surface area contributed by atoms with Crippen LogP contribution in [0.1, 0.15) is 43.7 Å². The number of aliphatic hydroxyl groups is 1. The maximum absolute atomic E-state index is 10.4. The summed E-state index contributed by atoms with van der Waals surface area (Å²) in [5.41, 5.74) is 0.157. The summed E-state index contributed by atoms with van der Waals surface area (Å²) in [4.78, 5) is 2.34. The Labute approximate surface area is 113 Å². The molecule has 1 unspecified atom stereocenters. The number of hydrogen-bond donors (Lipinski definition) is 1. The van der Waals surface area contributed by atoms with Gasteiger partial charge >= 0.3 is 0 Å². The fraction of sp³-hybridized carbons (Fsp3) is 0.714. The number of β-amino-alcohol motifs (C(OH)–C–C–N with tert-alkyl or cyclic N) is 1. The molecule has 102 valence electrons. The lowest BCUT2D eigenvalue weighted by molar-refractivity contribution is 0.0149. The maximum atomic E-state index is 10.4. The fourth-order valence-corrected chi connectivity index (χ4v) is 3.37. The van der Waals surface area contributed by atoms with Crippen molar-refractivity contribution in [1.29, 1.82) is 5.26 Å². The first-order chi connectivity index (χ1) is 9.18. The lowest BCUT2D eigenvalue weighted by Gasteiger charge is -2.28. The molecule has 2 aliphatic rings. The first-order valence-corrected chi connectivity index (χ1v) is 7.08. The van der Waals surface area contributed by atoms with Gasteiger partial charge in [0.05, 0.1) is 23.4 Å². The molecule has 1 saturated carbocycles. The minimum absolute atomic E-state index is 0.340. The van der Waals surface area contributed by atoms with Crippen LogP contribution in [0.25, 0.3) is 0 Å². The monoisotopic (exact) mass is 260 g/mol. The maximum Gasteiger partial charge on any atom is 0.102 e. The summed E-state index contributed by atoms with van der Waals surface area (Å²) < 4.78 is 1.90. The molecule has 19 heavy (non-hydrogen) atoms. The summed E-state index contributed by atoms with van der Waals surface area (Å²) >= 11 is 0. The summed E-state index contributed by atoms with van der Waals surface area (Å²) in [6.45, 7) is 2.72. The van der Waals surface area contributed by atoms with Crippen molar-refractivity contribution in [3.05, 3.63) is 18.0 Å². The molecule has 1 aliphatic heterocycles. The van der Waals surface area contributed by atoms with Crippen LogP contribution in [0.15, 0.2) is 12.4 Å². The molecule has 0 aromatic carbocycles. The minimum Gasteiger partial charge on any atom is -0.389 e. The topological polar surface area (TPSA) is 65.1 Å². The number of nitriles is 1. The van der Waals surface area contributed by atoms with Crippen LogP contribution in [-0.2, 0) is 0 Å². The summed E-state index contributed by atoms with van der Waals surface area (Å²) in [5, 5.41) is 23.5. The zero-order chi connectivity index (χ0) is 13.3. The minimum atomic E-state index is -0.461. The molecule has 0 bridgehead atoms. The number of nitrogens with zero attached hydrogens (tertiary/aromatic N) is 4. The van der Waals surface area contributed by atoms with Gasteiger partial charge in [-0.1, -0.05) is 12.8 Å². The number of rotatable bonds is 3. The summed E-state index contributed by atoms with van der Waals surface area (Å²) in [6, 6.07) is 2.45. The number of hydrogen-bond acceptors (Lipinski definition) is 4. The van der Waals surface area contributed by atoms with E-state index >= 15 is 0 Å². The van der Waals surface area contributed by atoms with Crippen LogP contribution in [0, 0.1) is 11.3 Å². The van der Waals surface area contributed by atoms with Crippen molar-refractivity contribution >= 4 is 0 Å². The molecule has 2 fully saturated rings. The first kappa shape index (κ1) is 12.6. The number of likely N-dealkylation sites (tertiary alicyclic amines) is 1. The second kappa shape index (κ2) is 4.95. The Hall–Kier alpha value is -1.38. The molecule has 0 spiro atoms. The van der Waals surface area contributed by atoms with Crippen molar-refractivity contribution in [3.8, 4) is 6.07 Å². The summed E-state index contributed by atoms with van der Waals surface area (Å²) in [6.07, 6.45) is 8.66. The normalized spacial score (nSPS) is 26.6. The van der Waals surface area contributed by atoms with E-state index in [-0.39, 0.29) is 0 Å². The Morgan fingerprint density at radius 2 is 2.26 bits per heavy atom. The van der Waals surface area contributed by atoms with E-state index in [1.807, 2.05) is 10.9 Å². The molecule has 5 heteroatoms. The van der Waals surface area contributed by atoms with Gasteiger partial charge in [-0.2, -0.15) is 10.4 Å². The van der Waals surface area contributed by atoms with Gasteiger partial charge in [-0.05, 0) is 19.3 Å². The van der Waals surface area contributed by atoms with Gasteiger partial charge in [-0.15, -0.1) is 0 Å². The van der Waals surface area contributed by atoms with Crippen molar-refractivity contribution in [2.75, 3.05) is 19.6 Å². The fourth-order valence-electron chi connectivity index (χ4n) is 3.37. The lowest BCUT2D eigenvalue weighted by Crippen LogP contribution is -2.40. The van der Waals surface area contributed by atoms with E-state index in [1.165, 1.54) is 0 Å². The van der Waals surface area contributed by atoms with Crippen molar-refractivity contribution in [2.24, 2.45) is 0 Å². The molecule has 1 aliphatic carbocycles. The van der Waals surface area contributed by atoms with Crippen LogP contribution in [0.5, 0.6) is 0 Å². The molecule has 3 rings (SSSR count). The molecule has 0 amide bonds. The highest BCUT2D eigenvalue weighted by atomic mass is 16.3. The predicted molar refractivity (Wildman–Crippen MR) is 70.5 cm³/mol. The van der Waals surface area contributed by atoms with Crippen molar-refractivity contribution in [3.63, 3.8) is 0 Å². The van der Waals surface area contributed by atoms with E-state index in [9.17, 15) is 5.11 Å². The van der Waals surface area contributed by atoms with Crippen LogP contribution in [0.4, 0.5) is 0 Å². The van der Waals surface area contributed by atoms with Gasteiger partial charge in [0.2, 0.25) is 0 Å². The zero-order valence-electron chi connectivity index (χ0n) is 11.1. The van der Waals surface area contributed by atoms with Gasteiger partial charge in [0, 0.05) is 25.8 Å². The van der Waals surface area contributed by atoms with Crippen LogP contribution in [0.3, 0.4) is 0 Å². The van der Waals surface area contributed by atoms with Gasteiger partial charge in [-0.3, -0.25) is 9.58 Å². The van der Waals surface area contributed by atoms with Crippen molar-refractivity contribution in [1.82, 2.24) is 14.7 Å². The third-order valence-corrected chi connectivity index (χ3v) is 4.40. The molecule has 2 heterocycles. The van der Waals surface area contributed by atoms with Crippen LogP contribution < -0.4 is 0 Å². The van der Waals surface area contributed by atoms with E-state index in [1.54, 1.807) is 6.20 Å². The zero-order valence-corrected chi connectivity index (χ0v) is 11.1. The quantitative estimate of drug-likeness (QED) is 0.890. The van der Waals surface area contributed by atoms with Crippen LogP contribution in [0.2, 0.25) is 0 Å². The molecule has 1 saturated heterocycles. The first-order valence-electron chi connectivity index (χ1n) is 7.08. The molecular formula is C14H20N4O. The van der Waals surface area contributed by atoms with E-state index < -0.39 is 5.60 Å². The van der Waals surface area contributed by atoms with E-state index in [4.69, 9.17) is 5.26 Å². The smallest absolute Gasteiger partial charge is 0.102 e. The van der Waals surface area contributed by atoms with E-state index in [0.717, 1.165) is 51.7 Å². The lowest BCUT2D eigenvalue weighted by atomic mass is 10.0. The Bertz CT molecular complexity index is 484. The number of aromatic nitrogens is 2. The molecular weight excluding hydrogens is 240 g/mol. The molecule has 1 N–H and O–H groups in total. The Morgan fingerprint density at radius 1 is 1.47 bits per heavy atom. The third-order valence-electron chi connectivity index (χ3n) is 4.40. The highest BCUT2D eigenvalue weighted by molar-refractivity contribution is 5.22. The van der Waals surface area contributed by atoms with Crippen molar-refractivity contribution < 1.29 is 5.11 Å². The van der Waals surface area contributed by atoms with Gasteiger partial charge in [0.25, 0.3) is 0 Å². The second-order valence-electron chi connectivity index (χ2n) is 5.93. The van der Waals surface area contributed by atoms with Crippen LogP contribution in [-0.4, -0.2) is 45.0 Å². The average Bonchev–Trinajstić information content (AvgIpc) is 3.09. The van der Waals surface area contributed by atoms with Crippen molar-refractivity contribution in [2.45, 2.75) is 43.7 Å². The standard InChI is InChI=1S/C14H20N4O/c15-7-12-8-16-18(9-12)13-3-6-17(10-13)11-14(19)4-1-2-5-14/h8-9,13,19H,1-6,10-11H2. The SMILES string of the molecule is N#Cc1cnn(C2CCN(CC3(O)CCCC3)C2)c1. The van der Waals surface area contributed by atoms with E-state index in [2.05, 4.69) is 16.1 Å². The largest absolute Gasteiger partial charge is 0.389 e. The summed E-state index contributed by atoms with van der Waals surface area (Å²) in [7, 11) is 0. The molecule has 5 nitrogen and oxygen atoms in total. The van der Waals surface area contributed by atoms with Gasteiger partial charge < -0.3 is 5.11 Å². The second-order valence-corrected chi connectivity index (χ2v) is 5.93. The molecule has 1 aromatic heterocycles. The van der Waals surface area contributed by atoms with E-state index in [0.29, 0.717) is 11.6 Å². The van der Waals surface area contributed by atoms with Gasteiger partial charge in [-0.25, -0.2) is 0 Å². The highest BCUT2D eigenvalue weighted by Gasteiger charge is 2.35. The Kier molecular flexibility index (Phi) is 3.29. The Balaban J connectivity index is 1.59. The predicted octanol–water partition coefficient (Wildman–Crippen LogP) is 1.31. The molecule has 1 atom stereocenters. The Morgan fingerprint density at radius 3 is 2.95 bits per heavy atom.